The van der Waals surface area contributed by atoms with Gasteiger partial charge in [-0.05, 0) is 119 Å². The summed E-state index contributed by atoms with van der Waals surface area (Å²) in [6, 6.07) is 9.18. The highest BCUT2D eigenvalue weighted by molar-refractivity contribution is 6.26. The number of benzene rings is 10. The predicted molar refractivity (Wildman–Crippen MR) is 235 cm³/mol. The second-order valence-corrected chi connectivity index (χ2v) is 13.3. The Kier molecular flexibility index (Phi) is 3.83. The number of fused-ring (bicyclic) bond motifs is 10. The lowest BCUT2D eigenvalue weighted by molar-refractivity contribution is 0.663. The smallest absolute Gasteiger partial charge is 0.136 e. The highest BCUT2D eigenvalue weighted by Gasteiger charge is 2.19. The van der Waals surface area contributed by atoms with Gasteiger partial charge in [0.25, 0.3) is 0 Å². The zero-order valence-electron chi connectivity index (χ0n) is 47.8. The summed E-state index contributed by atoms with van der Waals surface area (Å²) in [5, 5.41) is 1.22. The molecule has 10 aromatic carbocycles. The lowest BCUT2D eigenvalue weighted by Crippen LogP contribution is -1.91. The van der Waals surface area contributed by atoms with Gasteiger partial charge in [0.15, 0.2) is 0 Å². The molecule has 260 valence electrons. The van der Waals surface area contributed by atoms with Crippen LogP contribution in [-0.4, -0.2) is 0 Å². The minimum absolute atomic E-state index is 0.0445. The second-order valence-electron chi connectivity index (χ2n) is 13.3. The first-order valence-corrected chi connectivity index (χ1v) is 17.6. The minimum Gasteiger partial charge on any atom is -0.456 e. The van der Waals surface area contributed by atoms with E-state index in [0.29, 0.717) is 27.9 Å². The molecule has 0 saturated carbocycles. The van der Waals surface area contributed by atoms with E-state index in [4.69, 9.17) is 23.9 Å². The van der Waals surface area contributed by atoms with E-state index in [-0.39, 0.29) is 21.9 Å². The van der Waals surface area contributed by atoms with E-state index in [1.807, 2.05) is 54.6 Å². The Bertz CT molecular complexity index is 4540. The number of hydrogen-bond acceptors (Lipinski definition) is 2. The molecule has 12 aromatic rings. The molecule has 0 spiro atoms. The monoisotopic (exact) mass is 731 g/mol. The Balaban J connectivity index is 1.15. The molecule has 0 bridgehead atoms. The van der Waals surface area contributed by atoms with Gasteiger partial charge in [0.2, 0.25) is 0 Å². The van der Waals surface area contributed by atoms with E-state index in [9.17, 15) is 11.0 Å². The highest BCUT2D eigenvalue weighted by Crippen LogP contribution is 2.45. The van der Waals surface area contributed by atoms with Gasteiger partial charge in [0.05, 0.1) is 26.0 Å². The van der Waals surface area contributed by atoms with Gasteiger partial charge in [0.1, 0.15) is 22.3 Å². The fourth-order valence-corrected chi connectivity index (χ4v) is 7.75. The molecule has 0 aliphatic carbocycles. The Labute approximate surface area is 349 Å². The maximum Gasteiger partial charge on any atom is 0.136 e. The van der Waals surface area contributed by atoms with Gasteiger partial charge in [0, 0.05) is 21.5 Å². The first kappa shape index (κ1) is 17.8. The van der Waals surface area contributed by atoms with Crippen LogP contribution in [0.5, 0.6) is 0 Å². The van der Waals surface area contributed by atoms with Crippen LogP contribution < -0.4 is 0 Å². The quantitative estimate of drug-likeness (QED) is 0.169. The third kappa shape index (κ3) is 4.69. The maximum absolute atomic E-state index is 9.57. The average molecular weight is 732 g/mol. The molecule has 0 aliphatic rings. The second kappa shape index (κ2) is 12.0. The molecule has 0 N–H and O–H groups in total. The summed E-state index contributed by atoms with van der Waals surface area (Å²) in [7, 11) is 0. The molecular formula is C54H32O2. The van der Waals surface area contributed by atoms with Crippen LogP contribution in [0, 0.1) is 0 Å². The van der Waals surface area contributed by atoms with Crippen molar-refractivity contribution >= 4 is 76.2 Å². The first-order chi connectivity index (χ1) is 35.7. The van der Waals surface area contributed by atoms with Crippen LogP contribution in [0.3, 0.4) is 0 Å². The minimum atomic E-state index is -0.920. The zero-order chi connectivity index (χ0) is 53.3. The molecule has 12 rings (SSSR count). The van der Waals surface area contributed by atoms with Crippen molar-refractivity contribution < 1.29 is 34.9 Å². The van der Waals surface area contributed by atoms with Crippen molar-refractivity contribution in [1.29, 1.82) is 0 Å². The molecule has 0 atom stereocenters. The van der Waals surface area contributed by atoms with Crippen molar-refractivity contribution in [2.24, 2.45) is 0 Å². The van der Waals surface area contributed by atoms with Gasteiger partial charge in [-0.2, -0.15) is 0 Å². The predicted octanol–water partition coefficient (Wildman–Crippen LogP) is 15.6. The SMILES string of the molecule is [2H]c1c([2H])c(-c2c3c([2H])c([2H])c([2H])c([2H])c3c(-c3cccc(-c4ccc5c(c4)oc4ccc6oc7ccccc7c6c45)c3)c3c([2H])c([2H])c([2H])c([2H])c23)c([2H])c([2H])c1-c1c([2H])c([2H])c2c([2H])c([2H])c([2H])c([2H])c2c1[2H]. The van der Waals surface area contributed by atoms with E-state index >= 15 is 0 Å². The largest absolute Gasteiger partial charge is 0.456 e. The van der Waals surface area contributed by atoms with Crippen LogP contribution in [0.15, 0.2) is 203 Å². The van der Waals surface area contributed by atoms with Crippen LogP contribution in [0.1, 0.15) is 26.0 Å². The average Bonchev–Trinajstić information content (AvgIpc) is 3.98. The van der Waals surface area contributed by atoms with E-state index in [1.165, 1.54) is 0 Å². The number of para-hydroxylation sites is 1. The van der Waals surface area contributed by atoms with E-state index in [0.717, 1.165) is 27.1 Å². The van der Waals surface area contributed by atoms with Gasteiger partial charge < -0.3 is 8.83 Å². The Morgan fingerprint density at radius 2 is 0.875 bits per heavy atom. The van der Waals surface area contributed by atoms with E-state index in [2.05, 4.69) is 0 Å². The van der Waals surface area contributed by atoms with Crippen LogP contribution >= 0.6 is 0 Å². The van der Waals surface area contributed by atoms with Crippen molar-refractivity contribution in [3.05, 3.63) is 194 Å². The van der Waals surface area contributed by atoms with Crippen LogP contribution in [0.4, 0.5) is 0 Å². The third-order valence-corrected chi connectivity index (χ3v) is 10.2. The van der Waals surface area contributed by atoms with Crippen LogP contribution in [-0.2, 0) is 0 Å². The zero-order valence-corrected chi connectivity index (χ0v) is 28.8. The van der Waals surface area contributed by atoms with E-state index < -0.39 is 159 Å². The highest BCUT2D eigenvalue weighted by atomic mass is 16.3. The fourth-order valence-electron chi connectivity index (χ4n) is 7.75. The topological polar surface area (TPSA) is 26.3 Å². The van der Waals surface area contributed by atoms with Gasteiger partial charge >= 0.3 is 0 Å². The summed E-state index contributed by atoms with van der Waals surface area (Å²) in [5.41, 5.74) is 1.56. The Hall–Kier alpha value is -7.42. The lowest BCUT2D eigenvalue weighted by Gasteiger charge is -2.18. The van der Waals surface area contributed by atoms with Crippen molar-refractivity contribution in [1.82, 2.24) is 0 Å². The van der Waals surface area contributed by atoms with Gasteiger partial charge in [-0.15, -0.1) is 0 Å². The molecule has 56 heavy (non-hydrogen) atoms. The maximum atomic E-state index is 9.57. The van der Waals surface area contributed by atoms with E-state index in [1.54, 1.807) is 24.3 Å². The molecule has 0 fully saturated rings. The molecule has 0 amide bonds. The fraction of sp³-hybridized carbons (Fsp3) is 0. The molecular weight excluding hydrogens is 681 g/mol. The molecule has 2 aromatic heterocycles. The van der Waals surface area contributed by atoms with Crippen molar-refractivity contribution in [3.8, 4) is 44.5 Å². The molecule has 0 radical (unpaired) electrons. The van der Waals surface area contributed by atoms with Gasteiger partial charge in [-0.1, -0.05) is 151 Å². The first-order valence-electron chi connectivity index (χ1n) is 27.1. The summed E-state index contributed by atoms with van der Waals surface area (Å²) in [6.07, 6.45) is 0. The third-order valence-electron chi connectivity index (χ3n) is 10.2. The Morgan fingerprint density at radius 1 is 0.321 bits per heavy atom. The summed E-state index contributed by atoms with van der Waals surface area (Å²) >= 11 is 0. The summed E-state index contributed by atoms with van der Waals surface area (Å²) in [4.78, 5) is 0. The van der Waals surface area contributed by atoms with Crippen molar-refractivity contribution in [3.63, 3.8) is 0 Å². The van der Waals surface area contributed by atoms with Gasteiger partial charge in [-0.3, -0.25) is 0 Å². The molecule has 0 aliphatic heterocycles. The number of furan rings is 2. The summed E-state index contributed by atoms with van der Waals surface area (Å²) < 4.78 is 184. The van der Waals surface area contributed by atoms with Crippen molar-refractivity contribution in [2.75, 3.05) is 0 Å². The molecule has 2 heteroatoms. The van der Waals surface area contributed by atoms with Crippen LogP contribution in [0.25, 0.3) is 121 Å². The molecule has 0 saturated heterocycles. The summed E-state index contributed by atoms with van der Waals surface area (Å²) in [6.45, 7) is 0. The lowest BCUT2D eigenvalue weighted by atomic mass is 9.85. The van der Waals surface area contributed by atoms with Gasteiger partial charge in [-0.25, -0.2) is 0 Å². The standard InChI is InChI=1S/C54H32O2/c1-2-11-36-30-38(25-22-33(36)10-1)34-20-23-35(24-21-34)51-41-14-3-5-16-43(41)52(44-17-6-4-15-42(44)51)40-13-9-12-37(31-40)39-26-27-46-50(32-39)56-49-29-28-48-53(54(46)49)45-18-7-8-19-47(45)55-48/h1-32H/i1D,2D,3D,4D,5D,6D,10D,11D,14D,15D,16D,17D,20D,21D,22D,23D,24D,25D,30D. The number of rotatable bonds is 4. The normalized spacial score (nSPS) is 16.7. The molecule has 2 heterocycles. The Morgan fingerprint density at radius 3 is 1.61 bits per heavy atom. The van der Waals surface area contributed by atoms with Crippen LogP contribution in [0.2, 0.25) is 0 Å². The molecule has 2 nitrogen and oxygen atoms in total. The van der Waals surface area contributed by atoms with Crippen molar-refractivity contribution in [2.45, 2.75) is 0 Å². The molecule has 0 unspecified atom stereocenters. The summed E-state index contributed by atoms with van der Waals surface area (Å²) in [5.74, 6) is 0. The number of hydrogen-bond donors (Lipinski definition) is 0.